The highest BCUT2D eigenvalue weighted by atomic mass is 16.3. The first-order chi connectivity index (χ1) is 6.47. The molecule has 2 heteroatoms. The number of hydrogen-bond donors (Lipinski definition) is 1. The minimum atomic E-state index is -0.407. The zero-order valence-electron chi connectivity index (χ0n) is 9.29. The summed E-state index contributed by atoms with van der Waals surface area (Å²) in [5, 5.41) is 9.91. The van der Waals surface area contributed by atoms with Crippen molar-refractivity contribution in [2.45, 2.75) is 46.1 Å². The van der Waals surface area contributed by atoms with Crippen molar-refractivity contribution in [1.82, 2.24) is 0 Å². The van der Waals surface area contributed by atoms with Gasteiger partial charge < -0.3 is 5.11 Å². The number of aliphatic hydroxyl groups is 1. The molecular weight excluding hydrogens is 176 g/mol. The van der Waals surface area contributed by atoms with E-state index in [-0.39, 0.29) is 12.0 Å². The Bertz CT molecular complexity index is 259. The van der Waals surface area contributed by atoms with Crippen LogP contribution in [0.2, 0.25) is 0 Å². The van der Waals surface area contributed by atoms with Crippen LogP contribution in [0.1, 0.15) is 40.0 Å². The van der Waals surface area contributed by atoms with Gasteiger partial charge in [-0.05, 0) is 31.1 Å². The lowest BCUT2D eigenvalue weighted by atomic mass is 9.68. The topological polar surface area (TPSA) is 37.3 Å². The predicted molar refractivity (Wildman–Crippen MR) is 54.8 cm³/mol. The zero-order chi connectivity index (χ0) is 10.5. The molecule has 0 saturated heterocycles. The van der Waals surface area contributed by atoms with E-state index in [9.17, 15) is 9.90 Å². The first kappa shape index (κ1) is 10.2. The highest BCUT2D eigenvalue weighted by Crippen LogP contribution is 2.52. The van der Waals surface area contributed by atoms with E-state index in [1.165, 1.54) is 0 Å². The number of hydrogen-bond acceptors (Lipinski definition) is 2. The van der Waals surface area contributed by atoms with E-state index in [1.54, 1.807) is 0 Å². The monoisotopic (exact) mass is 196 g/mol. The van der Waals surface area contributed by atoms with Crippen molar-refractivity contribution in [3.05, 3.63) is 0 Å². The van der Waals surface area contributed by atoms with Gasteiger partial charge in [0.15, 0.2) is 0 Å². The fourth-order valence-electron chi connectivity index (χ4n) is 3.32. The molecule has 0 radical (unpaired) electrons. The number of aliphatic hydroxyl groups excluding tert-OH is 1. The second-order valence-corrected chi connectivity index (χ2v) is 5.59. The minimum absolute atomic E-state index is 0.142. The molecule has 0 amide bonds. The molecular formula is C12H20O2. The van der Waals surface area contributed by atoms with E-state index in [4.69, 9.17) is 0 Å². The van der Waals surface area contributed by atoms with Crippen LogP contribution in [0.3, 0.4) is 0 Å². The number of ketones is 1. The maximum absolute atomic E-state index is 12.1. The van der Waals surface area contributed by atoms with E-state index < -0.39 is 5.41 Å². The Morgan fingerprint density at radius 1 is 1.50 bits per heavy atom. The highest BCUT2D eigenvalue weighted by Gasteiger charge is 2.56. The van der Waals surface area contributed by atoms with Crippen LogP contribution in [0.4, 0.5) is 0 Å². The molecule has 2 aliphatic carbocycles. The van der Waals surface area contributed by atoms with Crippen LogP contribution >= 0.6 is 0 Å². The lowest BCUT2D eigenvalue weighted by Crippen LogP contribution is -2.40. The summed E-state index contributed by atoms with van der Waals surface area (Å²) in [4.78, 5) is 12.1. The molecule has 2 aliphatic rings. The third-order valence-corrected chi connectivity index (χ3v) is 4.48. The van der Waals surface area contributed by atoms with Crippen molar-refractivity contribution >= 4 is 5.78 Å². The Labute approximate surface area is 85.7 Å². The van der Waals surface area contributed by atoms with Gasteiger partial charge in [-0.25, -0.2) is 0 Å². The molecule has 80 valence electrons. The second kappa shape index (κ2) is 3.06. The van der Waals surface area contributed by atoms with Crippen LogP contribution in [0.15, 0.2) is 0 Å². The molecule has 2 nitrogen and oxygen atoms in total. The molecule has 0 heterocycles. The Balaban J connectivity index is 2.27. The molecule has 4 unspecified atom stereocenters. The maximum Gasteiger partial charge on any atom is 0.144 e. The van der Waals surface area contributed by atoms with Gasteiger partial charge in [0.05, 0.1) is 11.5 Å². The Kier molecular flexibility index (Phi) is 2.22. The molecule has 0 aromatic rings. The van der Waals surface area contributed by atoms with Crippen molar-refractivity contribution < 1.29 is 9.90 Å². The quantitative estimate of drug-likeness (QED) is 0.696. The smallest absolute Gasteiger partial charge is 0.144 e. The number of fused-ring (bicyclic) bond motifs is 2. The molecule has 1 N–H and O–H groups in total. The first-order valence-electron chi connectivity index (χ1n) is 5.69. The van der Waals surface area contributed by atoms with Crippen molar-refractivity contribution in [2.75, 3.05) is 0 Å². The summed E-state index contributed by atoms with van der Waals surface area (Å²) in [5.41, 5.74) is -0.407. The summed E-state index contributed by atoms with van der Waals surface area (Å²) >= 11 is 0. The number of carbonyl (C=O) groups is 1. The molecule has 0 aromatic heterocycles. The van der Waals surface area contributed by atoms with Crippen molar-refractivity contribution in [3.8, 4) is 0 Å². The predicted octanol–water partition coefficient (Wildman–Crippen LogP) is 2.01. The van der Waals surface area contributed by atoms with Crippen LogP contribution in [-0.4, -0.2) is 17.0 Å². The number of carbonyl (C=O) groups excluding carboxylic acids is 1. The van der Waals surface area contributed by atoms with E-state index >= 15 is 0 Å². The Morgan fingerprint density at radius 2 is 2.14 bits per heavy atom. The van der Waals surface area contributed by atoms with Gasteiger partial charge in [0, 0.05) is 5.92 Å². The summed E-state index contributed by atoms with van der Waals surface area (Å²) in [6.07, 6.45) is 2.32. The van der Waals surface area contributed by atoms with Gasteiger partial charge in [0.25, 0.3) is 0 Å². The van der Waals surface area contributed by atoms with Crippen molar-refractivity contribution in [2.24, 2.45) is 23.2 Å². The van der Waals surface area contributed by atoms with E-state index in [0.29, 0.717) is 24.0 Å². The summed E-state index contributed by atoms with van der Waals surface area (Å²) in [5.74, 6) is 1.55. The van der Waals surface area contributed by atoms with Gasteiger partial charge in [-0.2, -0.15) is 0 Å². The lowest BCUT2D eigenvalue weighted by molar-refractivity contribution is -0.136. The fraction of sp³-hybridized carbons (Fsp3) is 0.917. The van der Waals surface area contributed by atoms with Gasteiger partial charge in [0.1, 0.15) is 5.78 Å². The van der Waals surface area contributed by atoms with Gasteiger partial charge in [-0.15, -0.1) is 0 Å². The normalized spacial score (nSPS) is 47.5. The van der Waals surface area contributed by atoms with Crippen molar-refractivity contribution in [3.63, 3.8) is 0 Å². The third-order valence-electron chi connectivity index (χ3n) is 4.48. The molecule has 14 heavy (non-hydrogen) atoms. The Hall–Kier alpha value is -0.370. The second-order valence-electron chi connectivity index (χ2n) is 5.59. The van der Waals surface area contributed by atoms with Gasteiger partial charge >= 0.3 is 0 Å². The van der Waals surface area contributed by atoms with Gasteiger partial charge in [-0.3, -0.25) is 4.79 Å². The van der Waals surface area contributed by atoms with Gasteiger partial charge in [-0.1, -0.05) is 20.8 Å². The molecule has 0 aliphatic heterocycles. The van der Waals surface area contributed by atoms with Crippen molar-refractivity contribution in [1.29, 1.82) is 0 Å². The molecule has 0 spiro atoms. The maximum atomic E-state index is 12.1. The van der Waals surface area contributed by atoms with Crippen LogP contribution in [0.25, 0.3) is 0 Å². The zero-order valence-corrected chi connectivity index (χ0v) is 9.29. The summed E-state index contributed by atoms with van der Waals surface area (Å²) in [7, 11) is 0. The molecule has 2 bridgehead atoms. The third kappa shape index (κ3) is 1.16. The van der Waals surface area contributed by atoms with Gasteiger partial charge in [0.2, 0.25) is 0 Å². The molecule has 2 saturated carbocycles. The SMILES string of the molecule is CC(C)C1CCC2(C)C(=O)C1CC2O. The molecule has 4 atom stereocenters. The van der Waals surface area contributed by atoms with E-state index in [2.05, 4.69) is 13.8 Å². The summed E-state index contributed by atoms with van der Waals surface area (Å²) < 4.78 is 0. The van der Waals surface area contributed by atoms with Crippen LogP contribution in [-0.2, 0) is 4.79 Å². The number of rotatable bonds is 1. The highest BCUT2D eigenvalue weighted by molar-refractivity contribution is 5.90. The number of Topliss-reactive ketones (excluding diaryl/α,β-unsaturated/α-hetero) is 1. The Morgan fingerprint density at radius 3 is 2.71 bits per heavy atom. The first-order valence-corrected chi connectivity index (χ1v) is 5.69. The lowest BCUT2D eigenvalue weighted by Gasteiger charge is -2.35. The standard InChI is InChI=1S/C12H20O2/c1-7(2)8-4-5-12(3)10(13)6-9(8)11(12)14/h7-10,13H,4-6H2,1-3H3. The van der Waals surface area contributed by atoms with E-state index in [0.717, 1.165) is 12.8 Å². The average Bonchev–Trinajstić information content (AvgIpc) is 2.28. The molecule has 0 aromatic carbocycles. The summed E-state index contributed by atoms with van der Waals surface area (Å²) in [6.45, 7) is 6.31. The average molecular weight is 196 g/mol. The molecule has 2 fully saturated rings. The van der Waals surface area contributed by atoms with Crippen LogP contribution in [0, 0.1) is 23.2 Å². The largest absolute Gasteiger partial charge is 0.392 e. The molecule has 2 rings (SSSR count). The van der Waals surface area contributed by atoms with E-state index in [1.807, 2.05) is 6.92 Å². The minimum Gasteiger partial charge on any atom is -0.392 e. The summed E-state index contributed by atoms with van der Waals surface area (Å²) in [6, 6.07) is 0. The fourth-order valence-corrected chi connectivity index (χ4v) is 3.32. The van der Waals surface area contributed by atoms with Crippen LogP contribution < -0.4 is 0 Å². The van der Waals surface area contributed by atoms with Crippen LogP contribution in [0.5, 0.6) is 0 Å².